The van der Waals surface area contributed by atoms with Gasteiger partial charge in [-0.2, -0.15) is 18.2 Å². The van der Waals surface area contributed by atoms with Crippen LogP contribution < -0.4 is 20.3 Å². The van der Waals surface area contributed by atoms with Gasteiger partial charge in [0, 0.05) is 18.4 Å². The normalized spacial score (nSPS) is 12.9. The van der Waals surface area contributed by atoms with Crippen LogP contribution in [-0.2, 0) is 22.1 Å². The molecule has 0 fully saturated rings. The predicted molar refractivity (Wildman–Crippen MR) is 137 cm³/mol. The number of fused-ring (bicyclic) bond motifs is 1. The number of amides is 1. The van der Waals surface area contributed by atoms with Crippen LogP contribution in [0.3, 0.4) is 0 Å². The van der Waals surface area contributed by atoms with Crippen LogP contribution >= 0.6 is 11.3 Å². The first-order valence-electron chi connectivity index (χ1n) is 11.3. The Labute approximate surface area is 220 Å². The van der Waals surface area contributed by atoms with Crippen molar-refractivity contribution in [1.29, 1.82) is 0 Å². The third-order valence-electron chi connectivity index (χ3n) is 5.68. The van der Waals surface area contributed by atoms with Gasteiger partial charge in [-0.05, 0) is 49.7 Å². The summed E-state index contributed by atoms with van der Waals surface area (Å²) in [6, 6.07) is 4.92. The summed E-state index contributed by atoms with van der Waals surface area (Å²) < 4.78 is 51.4. The molecular formula is C24H25F3N6O4S. The Bertz CT molecular complexity index is 1360. The molecule has 0 saturated carbocycles. The number of rotatable bonds is 8. The van der Waals surface area contributed by atoms with Crippen molar-refractivity contribution < 1.29 is 32.2 Å². The fourth-order valence-electron chi connectivity index (χ4n) is 3.95. The summed E-state index contributed by atoms with van der Waals surface area (Å²) >= 11 is 1.01. The van der Waals surface area contributed by atoms with Crippen LogP contribution in [0.5, 0.6) is 5.75 Å². The maximum absolute atomic E-state index is 13.7. The molecule has 0 aliphatic carbocycles. The van der Waals surface area contributed by atoms with Gasteiger partial charge in [-0.25, -0.2) is 9.78 Å². The highest BCUT2D eigenvalue weighted by atomic mass is 32.1. The summed E-state index contributed by atoms with van der Waals surface area (Å²) in [5.74, 6) is -1.08. The second-order valence-electron chi connectivity index (χ2n) is 8.57. The van der Waals surface area contributed by atoms with E-state index in [-0.39, 0.29) is 29.0 Å². The van der Waals surface area contributed by atoms with Crippen molar-refractivity contribution in [3.05, 3.63) is 45.8 Å². The summed E-state index contributed by atoms with van der Waals surface area (Å²) in [5.41, 5.74) is 0.940. The van der Waals surface area contributed by atoms with E-state index in [9.17, 15) is 22.8 Å². The number of carbonyl (C=O) groups excluding carboxylic acids is 2. The Morgan fingerprint density at radius 2 is 1.95 bits per heavy atom. The van der Waals surface area contributed by atoms with E-state index in [0.29, 0.717) is 36.3 Å². The lowest BCUT2D eigenvalue weighted by Gasteiger charge is -2.21. The zero-order chi connectivity index (χ0) is 27.6. The topological polar surface area (TPSA) is 109 Å². The number of anilines is 5. The molecule has 4 rings (SSSR count). The number of thiophene rings is 1. The van der Waals surface area contributed by atoms with Crippen LogP contribution in [0.4, 0.5) is 42.0 Å². The van der Waals surface area contributed by atoms with Crippen molar-refractivity contribution in [2.45, 2.75) is 12.6 Å². The first-order valence-corrected chi connectivity index (χ1v) is 12.2. The van der Waals surface area contributed by atoms with Crippen LogP contribution in [0.15, 0.2) is 29.8 Å². The summed E-state index contributed by atoms with van der Waals surface area (Å²) in [5, 5.41) is 7.04. The molecule has 0 spiro atoms. The van der Waals surface area contributed by atoms with Crippen LogP contribution in [0.1, 0.15) is 20.8 Å². The maximum atomic E-state index is 13.7. The largest absolute Gasteiger partial charge is 0.495 e. The van der Waals surface area contributed by atoms with E-state index in [1.165, 1.54) is 20.3 Å². The summed E-state index contributed by atoms with van der Waals surface area (Å²) in [6.07, 6.45) is -3.48. The monoisotopic (exact) mass is 550 g/mol. The summed E-state index contributed by atoms with van der Waals surface area (Å²) in [6.45, 7) is 0.726. The predicted octanol–water partition coefficient (Wildman–Crippen LogP) is 4.29. The number of ether oxygens (including phenoxy) is 2. The number of alkyl halides is 3. The number of methoxy groups -OCH3 is 2. The van der Waals surface area contributed by atoms with Gasteiger partial charge in [0.1, 0.15) is 22.0 Å². The van der Waals surface area contributed by atoms with E-state index in [2.05, 4.69) is 20.6 Å². The van der Waals surface area contributed by atoms with E-state index in [4.69, 9.17) is 9.47 Å². The van der Waals surface area contributed by atoms with Crippen molar-refractivity contribution in [2.75, 3.05) is 56.9 Å². The molecule has 1 aliphatic rings. The van der Waals surface area contributed by atoms with Crippen molar-refractivity contribution in [3.63, 3.8) is 0 Å². The molecule has 3 heterocycles. The molecule has 0 saturated heterocycles. The quantitative estimate of drug-likeness (QED) is 0.397. The van der Waals surface area contributed by atoms with Gasteiger partial charge in [-0.1, -0.05) is 0 Å². The lowest BCUT2D eigenvalue weighted by molar-refractivity contribution is -0.137. The Balaban J connectivity index is 1.69. The number of hydrogen-bond acceptors (Lipinski definition) is 10. The number of benzene rings is 1. The van der Waals surface area contributed by atoms with E-state index < -0.39 is 23.5 Å². The van der Waals surface area contributed by atoms with E-state index >= 15 is 0 Å². The maximum Gasteiger partial charge on any atom is 0.421 e. The minimum atomic E-state index is -4.76. The van der Waals surface area contributed by atoms with Crippen molar-refractivity contribution >= 4 is 52.0 Å². The molecule has 2 N–H and O–H groups in total. The van der Waals surface area contributed by atoms with E-state index in [1.54, 1.807) is 41.4 Å². The summed E-state index contributed by atoms with van der Waals surface area (Å²) in [7, 11) is 6.24. The van der Waals surface area contributed by atoms with Gasteiger partial charge in [0.25, 0.3) is 0 Å². The van der Waals surface area contributed by atoms with Crippen LogP contribution in [0.25, 0.3) is 0 Å². The number of esters is 1. The minimum Gasteiger partial charge on any atom is -0.495 e. The molecule has 202 valence electrons. The Morgan fingerprint density at radius 1 is 1.18 bits per heavy atom. The number of halogens is 3. The van der Waals surface area contributed by atoms with E-state index in [1.807, 2.05) is 0 Å². The smallest absolute Gasteiger partial charge is 0.421 e. The number of aromatic nitrogens is 2. The Hall–Kier alpha value is -3.91. The standard InChI is InChI=1S/C24H25F3N6O4S/c1-32(2)12-19(34)33-7-5-13-9-18(36-3)16(10-17(13)33)30-23-28-11-14(24(25,26)27)21(31-23)29-15-6-8-38-20(15)22(35)37-4/h6,8-11H,5,7,12H2,1-4H3,(H2,28,29,30,31). The van der Waals surface area contributed by atoms with Gasteiger partial charge in [0.05, 0.1) is 32.1 Å². The molecule has 14 heteroatoms. The van der Waals surface area contributed by atoms with Gasteiger partial charge in [0.15, 0.2) is 0 Å². The first-order chi connectivity index (χ1) is 18.0. The van der Waals surface area contributed by atoms with Gasteiger partial charge in [-0.3, -0.25) is 4.79 Å². The number of nitrogens with zero attached hydrogens (tertiary/aromatic N) is 4. The van der Waals surface area contributed by atoms with Crippen molar-refractivity contribution in [3.8, 4) is 5.75 Å². The Morgan fingerprint density at radius 3 is 2.61 bits per heavy atom. The average molecular weight is 551 g/mol. The molecule has 1 aliphatic heterocycles. The fraction of sp³-hybridized carbons (Fsp3) is 0.333. The Kier molecular flexibility index (Phi) is 7.73. The number of likely N-dealkylation sites (N-methyl/N-ethyl adjacent to an activating group) is 1. The molecule has 10 nitrogen and oxygen atoms in total. The lowest BCUT2D eigenvalue weighted by atomic mass is 10.1. The third kappa shape index (κ3) is 5.65. The minimum absolute atomic E-state index is 0.0840. The highest BCUT2D eigenvalue weighted by Gasteiger charge is 2.36. The van der Waals surface area contributed by atoms with E-state index in [0.717, 1.165) is 16.9 Å². The number of carbonyl (C=O) groups is 2. The molecule has 0 radical (unpaired) electrons. The second kappa shape index (κ2) is 10.8. The lowest BCUT2D eigenvalue weighted by Crippen LogP contribution is -2.36. The van der Waals surface area contributed by atoms with Crippen molar-refractivity contribution in [1.82, 2.24) is 14.9 Å². The van der Waals surface area contributed by atoms with Crippen LogP contribution in [0.2, 0.25) is 0 Å². The fourth-order valence-corrected chi connectivity index (χ4v) is 4.71. The first kappa shape index (κ1) is 27.1. The summed E-state index contributed by atoms with van der Waals surface area (Å²) in [4.78, 5) is 36.2. The van der Waals surface area contributed by atoms with Crippen molar-refractivity contribution in [2.24, 2.45) is 0 Å². The molecule has 0 bridgehead atoms. The number of nitrogens with one attached hydrogen (secondary N) is 2. The van der Waals surface area contributed by atoms with Crippen LogP contribution in [0, 0.1) is 0 Å². The van der Waals surface area contributed by atoms with Gasteiger partial charge in [-0.15, -0.1) is 11.3 Å². The zero-order valence-corrected chi connectivity index (χ0v) is 21.8. The second-order valence-corrected chi connectivity index (χ2v) is 9.49. The molecule has 0 atom stereocenters. The highest BCUT2D eigenvalue weighted by Crippen LogP contribution is 2.40. The zero-order valence-electron chi connectivity index (χ0n) is 21.0. The molecular weight excluding hydrogens is 525 g/mol. The SMILES string of the molecule is COC(=O)c1sccc1Nc1nc(Nc2cc3c(cc2OC)CCN3C(=O)CN(C)C)ncc1C(F)(F)F. The molecule has 1 amide bonds. The molecule has 1 aromatic carbocycles. The van der Waals surface area contributed by atoms with Gasteiger partial charge < -0.3 is 29.9 Å². The molecule has 3 aromatic rings. The van der Waals surface area contributed by atoms with Crippen LogP contribution in [-0.4, -0.2) is 68.1 Å². The number of hydrogen-bond donors (Lipinski definition) is 2. The molecule has 38 heavy (non-hydrogen) atoms. The van der Waals surface area contributed by atoms with Gasteiger partial charge >= 0.3 is 12.1 Å². The highest BCUT2D eigenvalue weighted by molar-refractivity contribution is 7.12. The molecule has 0 unspecified atom stereocenters. The van der Waals surface area contributed by atoms with Gasteiger partial charge in [0.2, 0.25) is 11.9 Å². The average Bonchev–Trinajstić information content (AvgIpc) is 3.48. The third-order valence-corrected chi connectivity index (χ3v) is 6.57. The molecule has 2 aromatic heterocycles.